The molecule has 0 bridgehead atoms. The lowest BCUT2D eigenvalue weighted by molar-refractivity contribution is -0.385. The molecule has 0 unspecified atom stereocenters. The topological polar surface area (TPSA) is 102 Å². The summed E-state index contributed by atoms with van der Waals surface area (Å²) in [5, 5.41) is 13.9. The lowest BCUT2D eigenvalue weighted by Gasteiger charge is -2.16. The molecule has 1 aliphatic heterocycles. The molecule has 152 valence electrons. The molecule has 2 amide bonds. The normalized spacial score (nSPS) is 13.4. The van der Waals surface area contributed by atoms with Crippen LogP contribution in [-0.2, 0) is 15.3 Å². The summed E-state index contributed by atoms with van der Waals surface area (Å²) in [7, 11) is 1.39. The summed E-state index contributed by atoms with van der Waals surface area (Å²) in [6, 6.07) is 12.0. The van der Waals surface area contributed by atoms with Gasteiger partial charge in [-0.05, 0) is 42.3 Å². The lowest BCUT2D eigenvalue weighted by atomic mass is 10.2. The van der Waals surface area contributed by atoms with Gasteiger partial charge < -0.3 is 15.0 Å². The highest BCUT2D eigenvalue weighted by Gasteiger charge is 2.21. The van der Waals surface area contributed by atoms with E-state index >= 15 is 0 Å². The van der Waals surface area contributed by atoms with Crippen molar-refractivity contribution in [2.24, 2.45) is 0 Å². The third-order valence-electron chi connectivity index (χ3n) is 4.48. The van der Waals surface area contributed by atoms with Crippen molar-refractivity contribution in [2.45, 2.75) is 18.6 Å². The van der Waals surface area contributed by atoms with Crippen LogP contribution in [0, 0.1) is 10.1 Å². The molecule has 1 aliphatic rings. The molecule has 1 heterocycles. The number of thioether (sulfide) groups is 1. The summed E-state index contributed by atoms with van der Waals surface area (Å²) in [4.78, 5) is 36.3. The van der Waals surface area contributed by atoms with Crippen LogP contribution in [0.25, 0.3) is 0 Å². The van der Waals surface area contributed by atoms with Crippen LogP contribution in [0.3, 0.4) is 0 Å². The van der Waals surface area contributed by atoms with Gasteiger partial charge in [0, 0.05) is 36.2 Å². The van der Waals surface area contributed by atoms with Crippen LogP contribution in [0.2, 0.25) is 0 Å². The summed E-state index contributed by atoms with van der Waals surface area (Å²) in [6.45, 7) is 0.727. The monoisotopic (exact) mass is 415 g/mol. The number of benzene rings is 2. The molecule has 1 fully saturated rings. The van der Waals surface area contributed by atoms with Crippen LogP contribution in [-0.4, -0.2) is 36.1 Å². The number of anilines is 2. The van der Waals surface area contributed by atoms with Crippen LogP contribution in [0.4, 0.5) is 17.1 Å². The molecule has 8 nitrogen and oxygen atoms in total. The number of amides is 2. The van der Waals surface area contributed by atoms with Crippen LogP contribution in [0.1, 0.15) is 18.4 Å². The van der Waals surface area contributed by atoms with E-state index in [1.165, 1.54) is 24.9 Å². The zero-order chi connectivity index (χ0) is 20.8. The third kappa shape index (κ3) is 5.26. The van der Waals surface area contributed by atoms with Gasteiger partial charge in [0.1, 0.15) is 0 Å². The minimum Gasteiger partial charge on any atom is -0.490 e. The molecule has 0 atom stereocenters. The number of carbonyl (C=O) groups is 2. The van der Waals surface area contributed by atoms with E-state index in [4.69, 9.17) is 4.74 Å². The lowest BCUT2D eigenvalue weighted by Crippen LogP contribution is -2.23. The highest BCUT2D eigenvalue weighted by Crippen LogP contribution is 2.29. The SMILES string of the molecule is COc1ccc(CSCC(=O)Nc2ccc(N3CCCC3=O)cc2)cc1[N+](=O)[O-]. The number of carbonyl (C=O) groups excluding carboxylic acids is 2. The molecule has 3 rings (SSSR count). The van der Waals surface area contributed by atoms with E-state index in [1.807, 2.05) is 12.1 Å². The number of hydrogen-bond acceptors (Lipinski definition) is 6. The molecule has 0 saturated carbocycles. The molecule has 1 saturated heterocycles. The van der Waals surface area contributed by atoms with Gasteiger partial charge in [-0.25, -0.2) is 0 Å². The molecule has 2 aromatic carbocycles. The van der Waals surface area contributed by atoms with Gasteiger partial charge in [0.25, 0.3) is 0 Å². The Balaban J connectivity index is 1.49. The van der Waals surface area contributed by atoms with Crippen LogP contribution >= 0.6 is 11.8 Å². The predicted octanol–water partition coefficient (Wildman–Crippen LogP) is 3.60. The van der Waals surface area contributed by atoms with E-state index < -0.39 is 4.92 Å². The first-order valence-electron chi connectivity index (χ1n) is 9.07. The van der Waals surface area contributed by atoms with Crippen molar-refractivity contribution in [1.29, 1.82) is 0 Å². The first-order valence-corrected chi connectivity index (χ1v) is 10.2. The Bertz CT molecular complexity index is 917. The van der Waals surface area contributed by atoms with Crippen molar-refractivity contribution >= 4 is 40.6 Å². The maximum atomic E-state index is 12.1. The second-order valence-corrected chi connectivity index (χ2v) is 7.49. The molecule has 0 radical (unpaired) electrons. The molecular weight excluding hydrogens is 394 g/mol. The maximum absolute atomic E-state index is 12.1. The molecule has 1 N–H and O–H groups in total. The van der Waals surface area contributed by atoms with Gasteiger partial charge >= 0.3 is 5.69 Å². The first kappa shape index (κ1) is 20.7. The number of rotatable bonds is 8. The minimum atomic E-state index is -0.487. The Morgan fingerprint density at radius 2 is 2.03 bits per heavy atom. The third-order valence-corrected chi connectivity index (χ3v) is 5.48. The summed E-state index contributed by atoms with van der Waals surface area (Å²) in [5.41, 5.74) is 2.15. The summed E-state index contributed by atoms with van der Waals surface area (Å²) in [5.74, 6) is 0.848. The quantitative estimate of drug-likeness (QED) is 0.522. The molecular formula is C20H21N3O5S. The zero-order valence-electron chi connectivity index (χ0n) is 15.9. The van der Waals surface area contributed by atoms with Crippen molar-refractivity contribution in [1.82, 2.24) is 0 Å². The van der Waals surface area contributed by atoms with E-state index in [9.17, 15) is 19.7 Å². The van der Waals surface area contributed by atoms with E-state index in [0.717, 1.165) is 24.2 Å². The number of nitrogens with one attached hydrogen (secondary N) is 1. The minimum absolute atomic E-state index is 0.0911. The van der Waals surface area contributed by atoms with Gasteiger partial charge in [0.15, 0.2) is 5.75 Å². The average molecular weight is 415 g/mol. The number of nitrogens with zero attached hydrogens (tertiary/aromatic N) is 2. The Kier molecular flexibility index (Phi) is 6.71. The maximum Gasteiger partial charge on any atom is 0.311 e. The number of nitro groups is 1. The Morgan fingerprint density at radius 1 is 1.28 bits per heavy atom. The average Bonchev–Trinajstić information content (AvgIpc) is 3.14. The number of nitro benzene ring substituents is 1. The summed E-state index contributed by atoms with van der Waals surface area (Å²) in [6.07, 6.45) is 1.44. The van der Waals surface area contributed by atoms with E-state index in [-0.39, 0.29) is 29.0 Å². The van der Waals surface area contributed by atoms with Gasteiger partial charge in [-0.1, -0.05) is 6.07 Å². The molecule has 0 aromatic heterocycles. The molecule has 29 heavy (non-hydrogen) atoms. The summed E-state index contributed by atoms with van der Waals surface area (Å²) < 4.78 is 4.98. The van der Waals surface area contributed by atoms with Gasteiger partial charge in [-0.15, -0.1) is 11.8 Å². The van der Waals surface area contributed by atoms with Crippen molar-refractivity contribution in [3.8, 4) is 5.75 Å². The Hall–Kier alpha value is -3.07. The predicted molar refractivity (Wildman–Crippen MR) is 112 cm³/mol. The fraction of sp³-hybridized carbons (Fsp3) is 0.300. The Morgan fingerprint density at radius 3 is 2.66 bits per heavy atom. The molecule has 0 aliphatic carbocycles. The standard InChI is InChI=1S/C20H21N3O5S/c1-28-18-9-4-14(11-17(18)23(26)27)12-29-13-19(24)21-15-5-7-16(8-6-15)22-10-2-3-20(22)25/h4-9,11H,2-3,10,12-13H2,1H3,(H,21,24). The fourth-order valence-electron chi connectivity index (χ4n) is 3.07. The zero-order valence-corrected chi connectivity index (χ0v) is 16.7. The van der Waals surface area contributed by atoms with Crippen molar-refractivity contribution in [3.63, 3.8) is 0 Å². The van der Waals surface area contributed by atoms with Gasteiger partial charge in [0.2, 0.25) is 11.8 Å². The van der Waals surface area contributed by atoms with Gasteiger partial charge in [0.05, 0.1) is 17.8 Å². The van der Waals surface area contributed by atoms with Crippen molar-refractivity contribution in [2.75, 3.05) is 29.6 Å². The van der Waals surface area contributed by atoms with Crippen molar-refractivity contribution < 1.29 is 19.2 Å². The van der Waals surface area contributed by atoms with Crippen LogP contribution in [0.5, 0.6) is 5.75 Å². The van der Waals surface area contributed by atoms with Crippen molar-refractivity contribution in [3.05, 3.63) is 58.1 Å². The molecule has 9 heteroatoms. The highest BCUT2D eigenvalue weighted by atomic mass is 32.2. The first-order chi connectivity index (χ1) is 14.0. The largest absolute Gasteiger partial charge is 0.490 e. The number of hydrogen-bond donors (Lipinski definition) is 1. The van der Waals surface area contributed by atoms with Crippen LogP contribution < -0.4 is 15.0 Å². The number of methoxy groups -OCH3 is 1. The second kappa shape index (κ2) is 9.42. The Labute approximate surface area is 172 Å². The van der Waals surface area contributed by atoms with Gasteiger partial charge in [-0.3, -0.25) is 19.7 Å². The molecule has 0 spiro atoms. The van der Waals surface area contributed by atoms with Gasteiger partial charge in [-0.2, -0.15) is 0 Å². The summed E-state index contributed by atoms with van der Waals surface area (Å²) >= 11 is 1.36. The molecule has 2 aromatic rings. The van der Waals surface area contributed by atoms with Crippen LogP contribution in [0.15, 0.2) is 42.5 Å². The highest BCUT2D eigenvalue weighted by molar-refractivity contribution is 7.99. The van der Waals surface area contributed by atoms with E-state index in [0.29, 0.717) is 17.9 Å². The van der Waals surface area contributed by atoms with E-state index in [2.05, 4.69) is 5.32 Å². The van der Waals surface area contributed by atoms with E-state index in [1.54, 1.807) is 29.2 Å². The second-order valence-electron chi connectivity index (χ2n) is 6.50. The fourth-order valence-corrected chi connectivity index (χ4v) is 3.85. The smallest absolute Gasteiger partial charge is 0.311 e. The number of ether oxygens (including phenoxy) is 1.